The first-order valence-electron chi connectivity index (χ1n) is 6.95. The maximum Gasteiger partial charge on any atom is 0.133 e. The number of thioether (sulfide) groups is 1. The van der Waals surface area contributed by atoms with Crippen molar-refractivity contribution in [3.05, 3.63) is 23.8 Å². The van der Waals surface area contributed by atoms with Gasteiger partial charge in [-0.1, -0.05) is 26.0 Å². The SMILES string of the molecule is CCN(CC)CCOc1cccc2c1SCCC2. The van der Waals surface area contributed by atoms with Gasteiger partial charge in [-0.3, -0.25) is 0 Å². The minimum Gasteiger partial charge on any atom is -0.491 e. The molecule has 0 saturated heterocycles. The topological polar surface area (TPSA) is 12.5 Å². The average Bonchev–Trinajstić information content (AvgIpc) is 2.44. The number of likely N-dealkylation sites (N-methyl/N-ethyl adjacent to an activating group) is 1. The molecule has 1 heterocycles. The van der Waals surface area contributed by atoms with Gasteiger partial charge in [-0.2, -0.15) is 0 Å². The van der Waals surface area contributed by atoms with Crippen LogP contribution in [0.5, 0.6) is 5.75 Å². The molecule has 0 bridgehead atoms. The van der Waals surface area contributed by atoms with Crippen LogP contribution in [-0.4, -0.2) is 36.9 Å². The number of rotatable bonds is 6. The molecule has 100 valence electrons. The fraction of sp³-hybridized carbons (Fsp3) is 0.600. The third-order valence-corrected chi connectivity index (χ3v) is 4.70. The number of ether oxygens (including phenoxy) is 1. The van der Waals surface area contributed by atoms with Crippen molar-refractivity contribution in [3.8, 4) is 5.75 Å². The lowest BCUT2D eigenvalue weighted by Gasteiger charge is -2.21. The van der Waals surface area contributed by atoms with E-state index >= 15 is 0 Å². The van der Waals surface area contributed by atoms with Crippen molar-refractivity contribution < 1.29 is 4.74 Å². The highest BCUT2D eigenvalue weighted by atomic mass is 32.2. The molecular formula is C15H23NOS. The molecule has 1 aromatic carbocycles. The van der Waals surface area contributed by atoms with Crippen molar-refractivity contribution in [2.45, 2.75) is 31.6 Å². The largest absolute Gasteiger partial charge is 0.491 e. The van der Waals surface area contributed by atoms with Gasteiger partial charge in [0.25, 0.3) is 0 Å². The molecule has 0 unspecified atom stereocenters. The predicted octanol–water partition coefficient (Wildman–Crippen LogP) is 3.45. The van der Waals surface area contributed by atoms with E-state index in [9.17, 15) is 0 Å². The van der Waals surface area contributed by atoms with Crippen LogP contribution in [0.2, 0.25) is 0 Å². The summed E-state index contributed by atoms with van der Waals surface area (Å²) in [7, 11) is 0. The molecular weight excluding hydrogens is 242 g/mol. The maximum atomic E-state index is 5.98. The first-order chi connectivity index (χ1) is 8.85. The van der Waals surface area contributed by atoms with E-state index in [4.69, 9.17) is 4.74 Å². The second-order valence-corrected chi connectivity index (χ2v) is 5.68. The molecule has 0 atom stereocenters. The van der Waals surface area contributed by atoms with Crippen molar-refractivity contribution in [1.29, 1.82) is 0 Å². The first-order valence-corrected chi connectivity index (χ1v) is 7.93. The minimum absolute atomic E-state index is 0.790. The molecule has 0 spiro atoms. The molecule has 3 heteroatoms. The Morgan fingerprint density at radius 3 is 2.89 bits per heavy atom. The van der Waals surface area contributed by atoms with Gasteiger partial charge in [0.15, 0.2) is 0 Å². The van der Waals surface area contributed by atoms with Crippen LogP contribution in [-0.2, 0) is 6.42 Å². The highest BCUT2D eigenvalue weighted by molar-refractivity contribution is 7.99. The molecule has 0 N–H and O–H groups in total. The number of nitrogens with zero attached hydrogens (tertiary/aromatic N) is 1. The normalized spacial score (nSPS) is 14.6. The van der Waals surface area contributed by atoms with Crippen LogP contribution in [0.1, 0.15) is 25.8 Å². The molecule has 1 aliphatic rings. The summed E-state index contributed by atoms with van der Waals surface area (Å²) in [5.74, 6) is 2.31. The van der Waals surface area contributed by atoms with Crippen LogP contribution < -0.4 is 4.74 Å². The zero-order chi connectivity index (χ0) is 12.8. The number of fused-ring (bicyclic) bond motifs is 1. The lowest BCUT2D eigenvalue weighted by atomic mass is 10.1. The Labute approximate surface area is 115 Å². The number of hydrogen-bond donors (Lipinski definition) is 0. The van der Waals surface area contributed by atoms with E-state index in [1.165, 1.54) is 29.1 Å². The predicted molar refractivity (Wildman–Crippen MR) is 78.8 cm³/mol. The summed E-state index contributed by atoms with van der Waals surface area (Å²) < 4.78 is 5.98. The Balaban J connectivity index is 1.93. The Hall–Kier alpha value is -0.670. The number of aryl methyl sites for hydroxylation is 1. The zero-order valence-electron chi connectivity index (χ0n) is 11.4. The van der Waals surface area contributed by atoms with Crippen molar-refractivity contribution in [1.82, 2.24) is 4.90 Å². The van der Waals surface area contributed by atoms with Crippen LogP contribution in [0.25, 0.3) is 0 Å². The molecule has 0 aliphatic carbocycles. The monoisotopic (exact) mass is 265 g/mol. The van der Waals surface area contributed by atoms with E-state index in [0.717, 1.165) is 32.0 Å². The van der Waals surface area contributed by atoms with Gasteiger partial charge in [0.2, 0.25) is 0 Å². The van der Waals surface area contributed by atoms with Gasteiger partial charge in [0, 0.05) is 6.54 Å². The van der Waals surface area contributed by atoms with Gasteiger partial charge < -0.3 is 9.64 Å². The van der Waals surface area contributed by atoms with E-state index < -0.39 is 0 Å². The molecule has 1 aromatic rings. The molecule has 0 radical (unpaired) electrons. The summed E-state index contributed by atoms with van der Waals surface area (Å²) in [5, 5.41) is 0. The van der Waals surface area contributed by atoms with E-state index in [-0.39, 0.29) is 0 Å². The second-order valence-electron chi connectivity index (χ2n) is 4.57. The van der Waals surface area contributed by atoms with Gasteiger partial charge in [0.1, 0.15) is 12.4 Å². The molecule has 0 fully saturated rings. The molecule has 0 saturated carbocycles. The molecule has 18 heavy (non-hydrogen) atoms. The Bertz CT molecular complexity index is 377. The highest BCUT2D eigenvalue weighted by Gasteiger charge is 2.14. The zero-order valence-corrected chi connectivity index (χ0v) is 12.3. The molecule has 0 amide bonds. The minimum atomic E-state index is 0.790. The van der Waals surface area contributed by atoms with E-state index in [2.05, 4.69) is 36.9 Å². The van der Waals surface area contributed by atoms with Crippen molar-refractivity contribution >= 4 is 11.8 Å². The van der Waals surface area contributed by atoms with Gasteiger partial charge in [-0.25, -0.2) is 0 Å². The van der Waals surface area contributed by atoms with E-state index in [0.29, 0.717) is 0 Å². The van der Waals surface area contributed by atoms with Crippen molar-refractivity contribution in [2.24, 2.45) is 0 Å². The lowest BCUT2D eigenvalue weighted by molar-refractivity contribution is 0.219. The Kier molecular flexibility index (Phi) is 5.39. The smallest absolute Gasteiger partial charge is 0.133 e. The van der Waals surface area contributed by atoms with Crippen LogP contribution in [0, 0.1) is 0 Å². The highest BCUT2D eigenvalue weighted by Crippen LogP contribution is 2.37. The molecule has 2 nitrogen and oxygen atoms in total. The average molecular weight is 265 g/mol. The Morgan fingerprint density at radius 1 is 1.28 bits per heavy atom. The molecule has 0 aromatic heterocycles. The Morgan fingerprint density at radius 2 is 2.11 bits per heavy atom. The van der Waals surface area contributed by atoms with Crippen molar-refractivity contribution in [2.75, 3.05) is 32.0 Å². The fourth-order valence-electron chi connectivity index (χ4n) is 2.30. The summed E-state index contributed by atoms with van der Waals surface area (Å²) in [6, 6.07) is 6.47. The maximum absolute atomic E-state index is 5.98. The third kappa shape index (κ3) is 3.42. The standard InChI is InChI=1S/C15H23NOS/c1-3-16(4-2)10-11-17-14-9-5-7-13-8-6-12-18-15(13)14/h5,7,9H,3-4,6,8,10-12H2,1-2H3. The summed E-state index contributed by atoms with van der Waals surface area (Å²) in [6.07, 6.45) is 2.50. The number of benzene rings is 1. The second kappa shape index (κ2) is 7.05. The van der Waals surface area contributed by atoms with Crippen LogP contribution in [0.4, 0.5) is 0 Å². The number of hydrogen-bond acceptors (Lipinski definition) is 3. The summed E-state index contributed by atoms with van der Waals surface area (Å²) in [5.41, 5.74) is 1.46. The summed E-state index contributed by atoms with van der Waals surface area (Å²) in [4.78, 5) is 3.77. The first kappa shape index (κ1) is 13.8. The van der Waals surface area contributed by atoms with Gasteiger partial charge in [-0.05, 0) is 43.3 Å². The van der Waals surface area contributed by atoms with Gasteiger partial charge in [0.05, 0.1) is 4.90 Å². The van der Waals surface area contributed by atoms with Gasteiger partial charge >= 0.3 is 0 Å². The van der Waals surface area contributed by atoms with Crippen LogP contribution >= 0.6 is 11.8 Å². The van der Waals surface area contributed by atoms with Gasteiger partial charge in [-0.15, -0.1) is 11.8 Å². The lowest BCUT2D eigenvalue weighted by Crippen LogP contribution is -2.28. The summed E-state index contributed by atoms with van der Waals surface area (Å²) in [6.45, 7) is 8.40. The third-order valence-electron chi connectivity index (χ3n) is 3.46. The molecule has 1 aliphatic heterocycles. The quantitative estimate of drug-likeness (QED) is 0.782. The van der Waals surface area contributed by atoms with Crippen LogP contribution in [0.15, 0.2) is 23.1 Å². The molecule has 2 rings (SSSR count). The van der Waals surface area contributed by atoms with Crippen LogP contribution in [0.3, 0.4) is 0 Å². The fourth-order valence-corrected chi connectivity index (χ4v) is 3.41. The van der Waals surface area contributed by atoms with E-state index in [1.54, 1.807) is 0 Å². The van der Waals surface area contributed by atoms with E-state index in [1.807, 2.05) is 11.8 Å². The summed E-state index contributed by atoms with van der Waals surface area (Å²) >= 11 is 1.95. The van der Waals surface area contributed by atoms with Crippen molar-refractivity contribution in [3.63, 3.8) is 0 Å².